The van der Waals surface area contributed by atoms with Gasteiger partial charge in [0.05, 0.1) is 5.69 Å². The molecule has 2 amide bonds. The summed E-state index contributed by atoms with van der Waals surface area (Å²) in [7, 11) is 0. The first-order valence-corrected chi connectivity index (χ1v) is 11.0. The fourth-order valence-corrected chi connectivity index (χ4v) is 4.29. The second kappa shape index (κ2) is 7.94. The van der Waals surface area contributed by atoms with Crippen molar-refractivity contribution in [3.8, 4) is 11.4 Å². The van der Waals surface area contributed by atoms with E-state index in [1.165, 1.54) is 9.91 Å². The van der Waals surface area contributed by atoms with Crippen LogP contribution in [-0.4, -0.2) is 39.0 Å². The first kappa shape index (κ1) is 20.5. The molecule has 2 atom stereocenters. The van der Waals surface area contributed by atoms with Crippen molar-refractivity contribution in [2.24, 2.45) is 10.3 Å². The van der Waals surface area contributed by atoms with E-state index in [1.807, 2.05) is 36.4 Å². The molecule has 2 aromatic carbocycles. The largest absolute Gasteiger partial charge is 0.337 e. The monoisotopic (exact) mass is 494 g/mol. The molecule has 10 heteroatoms. The van der Waals surface area contributed by atoms with E-state index in [9.17, 15) is 9.59 Å². The zero-order valence-electron chi connectivity index (χ0n) is 17.3. The summed E-state index contributed by atoms with van der Waals surface area (Å²) in [5, 5.41) is 13.5. The smallest absolute Gasteiger partial charge is 0.263 e. The number of halogens is 1. The van der Waals surface area contributed by atoms with Crippen molar-refractivity contribution < 1.29 is 14.1 Å². The van der Waals surface area contributed by atoms with Gasteiger partial charge in [0, 0.05) is 10.0 Å². The number of imide groups is 1. The first-order chi connectivity index (χ1) is 15.4. The van der Waals surface area contributed by atoms with Crippen LogP contribution in [0.5, 0.6) is 0 Å². The van der Waals surface area contributed by atoms with Crippen molar-refractivity contribution in [3.05, 3.63) is 64.5 Å². The number of hydrogen-bond acceptors (Lipinski definition) is 8. The molecular formula is C22H19BrN6O3. The molecule has 0 bridgehead atoms. The minimum atomic E-state index is -0.877. The van der Waals surface area contributed by atoms with Crippen molar-refractivity contribution >= 4 is 33.4 Å². The number of fused-ring (bicyclic) bond motifs is 1. The number of rotatable bonds is 5. The second-order valence-corrected chi connectivity index (χ2v) is 8.80. The van der Waals surface area contributed by atoms with Crippen LogP contribution in [0.25, 0.3) is 11.4 Å². The summed E-state index contributed by atoms with van der Waals surface area (Å²) in [5.41, 5.74) is 2.45. The molecule has 1 aromatic heterocycles. The maximum absolute atomic E-state index is 13.2. The van der Waals surface area contributed by atoms with Gasteiger partial charge >= 0.3 is 0 Å². The molecule has 1 fully saturated rings. The van der Waals surface area contributed by atoms with Crippen molar-refractivity contribution in [1.82, 2.24) is 15.1 Å². The average molecular weight is 495 g/mol. The van der Waals surface area contributed by atoms with Gasteiger partial charge in [0.1, 0.15) is 6.54 Å². The highest BCUT2D eigenvalue weighted by Gasteiger charge is 2.55. The Balaban J connectivity index is 1.35. The SMILES string of the molecule is CC(C)c1ccc(N2C(=O)C3N=NN(Cc4nc(-c5ccccc5Br)no4)C3C2=O)cc1. The molecule has 0 radical (unpaired) electrons. The summed E-state index contributed by atoms with van der Waals surface area (Å²) in [6.45, 7) is 4.24. The molecule has 32 heavy (non-hydrogen) atoms. The lowest BCUT2D eigenvalue weighted by Gasteiger charge is -2.19. The number of benzene rings is 2. The van der Waals surface area contributed by atoms with Gasteiger partial charge in [0.25, 0.3) is 11.8 Å². The van der Waals surface area contributed by atoms with Crippen LogP contribution in [0, 0.1) is 0 Å². The third-order valence-corrected chi connectivity index (χ3v) is 6.25. The molecule has 1 saturated heterocycles. The lowest BCUT2D eigenvalue weighted by atomic mass is 10.0. The maximum Gasteiger partial charge on any atom is 0.263 e. The van der Waals surface area contributed by atoms with Gasteiger partial charge in [-0.25, -0.2) is 4.90 Å². The summed E-state index contributed by atoms with van der Waals surface area (Å²) in [4.78, 5) is 31.7. The van der Waals surface area contributed by atoms with Crippen LogP contribution in [0.3, 0.4) is 0 Å². The number of aromatic nitrogens is 2. The topological polar surface area (TPSA) is 104 Å². The van der Waals surface area contributed by atoms with E-state index in [0.29, 0.717) is 17.4 Å². The standard InChI is InChI=1S/C22H19BrN6O3/c1-12(2)13-7-9-14(10-8-13)29-21(30)18-19(22(29)31)28(27-25-18)11-17-24-20(26-32-17)15-5-3-4-6-16(15)23/h3-10,12,18-19H,11H2,1-2H3. The lowest BCUT2D eigenvalue weighted by Crippen LogP contribution is -2.39. The zero-order valence-corrected chi connectivity index (χ0v) is 18.9. The highest BCUT2D eigenvalue weighted by molar-refractivity contribution is 9.10. The fraction of sp³-hybridized carbons (Fsp3) is 0.273. The summed E-state index contributed by atoms with van der Waals surface area (Å²) in [5.74, 6) is 0.292. The Hall–Kier alpha value is -3.40. The Labute approximate surface area is 192 Å². The van der Waals surface area contributed by atoms with Crippen molar-refractivity contribution in [1.29, 1.82) is 0 Å². The van der Waals surface area contributed by atoms with Gasteiger partial charge in [-0.3, -0.25) is 14.6 Å². The first-order valence-electron chi connectivity index (χ1n) is 10.2. The second-order valence-electron chi connectivity index (χ2n) is 7.94. The Morgan fingerprint density at radius 1 is 1.06 bits per heavy atom. The van der Waals surface area contributed by atoms with Gasteiger partial charge < -0.3 is 4.52 Å². The van der Waals surface area contributed by atoms with Gasteiger partial charge in [-0.15, -0.1) is 0 Å². The minimum absolute atomic E-state index is 0.0707. The molecule has 2 aliphatic heterocycles. The van der Waals surface area contributed by atoms with Crippen LogP contribution in [0.4, 0.5) is 5.69 Å². The molecule has 0 aliphatic carbocycles. The fourth-order valence-electron chi connectivity index (χ4n) is 3.83. The number of hydrogen-bond donors (Lipinski definition) is 0. The molecule has 2 aliphatic rings. The van der Waals surface area contributed by atoms with E-state index in [4.69, 9.17) is 4.52 Å². The molecule has 0 spiro atoms. The van der Waals surface area contributed by atoms with Crippen LogP contribution in [0.1, 0.15) is 31.2 Å². The number of carbonyl (C=O) groups is 2. The van der Waals surface area contributed by atoms with E-state index in [-0.39, 0.29) is 24.2 Å². The van der Waals surface area contributed by atoms with Gasteiger partial charge in [0.2, 0.25) is 11.7 Å². The number of amides is 2. The Bertz CT molecular complexity index is 1220. The lowest BCUT2D eigenvalue weighted by molar-refractivity contribution is -0.123. The van der Waals surface area contributed by atoms with E-state index < -0.39 is 12.1 Å². The molecule has 0 saturated carbocycles. The zero-order chi connectivity index (χ0) is 22.4. The summed E-state index contributed by atoms with van der Waals surface area (Å²) < 4.78 is 6.20. The maximum atomic E-state index is 13.2. The van der Waals surface area contributed by atoms with Crippen LogP contribution in [0.2, 0.25) is 0 Å². The van der Waals surface area contributed by atoms with E-state index in [1.54, 1.807) is 12.1 Å². The third-order valence-electron chi connectivity index (χ3n) is 5.56. The third kappa shape index (κ3) is 3.40. The van der Waals surface area contributed by atoms with Crippen LogP contribution >= 0.6 is 15.9 Å². The number of nitrogens with zero attached hydrogens (tertiary/aromatic N) is 6. The van der Waals surface area contributed by atoms with Gasteiger partial charge in [-0.2, -0.15) is 10.1 Å². The molecule has 3 heterocycles. The summed E-state index contributed by atoms with van der Waals surface area (Å²) in [6, 6.07) is 13.2. The van der Waals surface area contributed by atoms with Crippen molar-refractivity contribution in [2.45, 2.75) is 38.4 Å². The number of anilines is 1. The Kier molecular flexibility index (Phi) is 5.09. The van der Waals surface area contributed by atoms with Gasteiger partial charge in [-0.05, 0) is 35.7 Å². The predicted octanol–water partition coefficient (Wildman–Crippen LogP) is 4.12. The normalized spacial score (nSPS) is 20.0. The molecule has 9 nitrogen and oxygen atoms in total. The molecule has 3 aromatic rings. The Morgan fingerprint density at radius 2 is 1.81 bits per heavy atom. The highest BCUT2D eigenvalue weighted by Crippen LogP contribution is 2.33. The summed E-state index contributed by atoms with van der Waals surface area (Å²) in [6.07, 6.45) is 0. The van der Waals surface area contributed by atoms with Crippen molar-refractivity contribution in [2.75, 3.05) is 4.90 Å². The highest BCUT2D eigenvalue weighted by atomic mass is 79.9. The quantitative estimate of drug-likeness (QED) is 0.494. The predicted molar refractivity (Wildman–Crippen MR) is 118 cm³/mol. The molecule has 0 N–H and O–H groups in total. The van der Waals surface area contributed by atoms with Gasteiger partial charge in [0.15, 0.2) is 12.1 Å². The van der Waals surface area contributed by atoms with Crippen molar-refractivity contribution in [3.63, 3.8) is 0 Å². The molecule has 2 unspecified atom stereocenters. The van der Waals surface area contributed by atoms with E-state index in [2.05, 4.69) is 50.3 Å². The van der Waals surface area contributed by atoms with E-state index in [0.717, 1.165) is 15.6 Å². The average Bonchev–Trinajstić information content (AvgIpc) is 3.47. The van der Waals surface area contributed by atoms with Crippen LogP contribution in [-0.2, 0) is 16.1 Å². The van der Waals surface area contributed by atoms with Crippen LogP contribution < -0.4 is 4.90 Å². The van der Waals surface area contributed by atoms with E-state index >= 15 is 0 Å². The van der Waals surface area contributed by atoms with Crippen LogP contribution in [0.15, 0.2) is 67.9 Å². The van der Waals surface area contributed by atoms with Gasteiger partial charge in [-0.1, -0.05) is 64.4 Å². The molecule has 5 rings (SSSR count). The summed E-state index contributed by atoms with van der Waals surface area (Å²) >= 11 is 3.47. The minimum Gasteiger partial charge on any atom is -0.337 e. The number of carbonyl (C=O) groups excluding carboxylic acids is 2. The Morgan fingerprint density at radius 3 is 2.53 bits per heavy atom. The molecular weight excluding hydrogens is 476 g/mol. The molecule has 162 valence electrons.